The number of benzene rings is 1. The Balaban J connectivity index is 1.52. The van der Waals surface area contributed by atoms with Crippen LogP contribution >= 0.6 is 11.3 Å². The molecular weight excluding hydrogens is 351 g/mol. The van der Waals surface area contributed by atoms with Crippen LogP contribution < -0.4 is 10.9 Å². The Labute approximate surface area is 144 Å². The number of fused-ring (bicyclic) bond motifs is 1. The van der Waals surface area contributed by atoms with Gasteiger partial charge in [0.25, 0.3) is 5.91 Å². The first-order chi connectivity index (χ1) is 12.0. The van der Waals surface area contributed by atoms with Gasteiger partial charge >= 0.3 is 11.9 Å². The molecular formula is C16H11FN2O5S. The van der Waals surface area contributed by atoms with Crippen molar-refractivity contribution in [3.8, 4) is 0 Å². The van der Waals surface area contributed by atoms with E-state index < -0.39 is 30.2 Å². The number of hydrazine groups is 1. The third-order valence-electron chi connectivity index (χ3n) is 3.10. The van der Waals surface area contributed by atoms with Crippen molar-refractivity contribution in [2.75, 3.05) is 6.61 Å². The summed E-state index contributed by atoms with van der Waals surface area (Å²) >= 11 is 1.06. The van der Waals surface area contributed by atoms with Crippen molar-refractivity contribution in [2.24, 2.45) is 0 Å². The molecule has 0 aliphatic heterocycles. The number of thiophene rings is 1. The molecule has 0 saturated carbocycles. The first kappa shape index (κ1) is 16.7. The highest BCUT2D eigenvalue weighted by Crippen LogP contribution is 2.27. The van der Waals surface area contributed by atoms with Gasteiger partial charge in [0.05, 0.1) is 6.26 Å². The van der Waals surface area contributed by atoms with Crippen molar-refractivity contribution in [3.63, 3.8) is 0 Å². The minimum absolute atomic E-state index is 0.0181. The van der Waals surface area contributed by atoms with E-state index in [2.05, 4.69) is 10.9 Å². The van der Waals surface area contributed by atoms with Gasteiger partial charge in [0.2, 0.25) is 0 Å². The number of amides is 2. The molecule has 25 heavy (non-hydrogen) atoms. The summed E-state index contributed by atoms with van der Waals surface area (Å²) in [6.45, 7) is -0.603. The molecule has 0 aliphatic rings. The summed E-state index contributed by atoms with van der Waals surface area (Å²) in [5.41, 5.74) is 4.19. The molecule has 0 aliphatic carbocycles. The third kappa shape index (κ3) is 3.83. The SMILES string of the molecule is O=C(COC(=O)c1cc2c(F)cccc2s1)NNC(=O)c1ccco1. The van der Waals surface area contributed by atoms with E-state index in [4.69, 9.17) is 9.15 Å². The highest BCUT2D eigenvalue weighted by molar-refractivity contribution is 7.20. The minimum atomic E-state index is -0.756. The third-order valence-corrected chi connectivity index (χ3v) is 4.18. The molecule has 0 unspecified atom stereocenters. The zero-order valence-corrected chi connectivity index (χ0v) is 13.4. The quantitative estimate of drug-likeness (QED) is 0.548. The number of furan rings is 1. The number of halogens is 1. The first-order valence-corrected chi connectivity index (χ1v) is 7.84. The van der Waals surface area contributed by atoms with E-state index in [0.717, 1.165) is 11.3 Å². The topological polar surface area (TPSA) is 97.6 Å². The molecule has 9 heteroatoms. The van der Waals surface area contributed by atoms with Crippen LogP contribution in [0.4, 0.5) is 4.39 Å². The molecule has 0 radical (unpaired) electrons. The second-order valence-corrected chi connectivity index (χ2v) is 5.90. The van der Waals surface area contributed by atoms with E-state index in [9.17, 15) is 18.8 Å². The molecule has 128 valence electrons. The van der Waals surface area contributed by atoms with Crippen molar-refractivity contribution in [2.45, 2.75) is 0 Å². The summed E-state index contributed by atoms with van der Waals surface area (Å²) in [6, 6.07) is 8.82. The highest BCUT2D eigenvalue weighted by Gasteiger charge is 2.16. The van der Waals surface area contributed by atoms with E-state index in [0.29, 0.717) is 10.1 Å². The van der Waals surface area contributed by atoms with Gasteiger partial charge in [-0.05, 0) is 30.3 Å². The summed E-state index contributed by atoms with van der Waals surface area (Å²) < 4.78 is 23.9. The molecule has 0 saturated heterocycles. The van der Waals surface area contributed by atoms with Gasteiger partial charge in [0.1, 0.15) is 10.7 Å². The smallest absolute Gasteiger partial charge is 0.348 e. The fraction of sp³-hybridized carbons (Fsp3) is 0.0625. The van der Waals surface area contributed by atoms with Crippen LogP contribution in [0.25, 0.3) is 10.1 Å². The Kier molecular flexibility index (Phi) is 4.75. The largest absolute Gasteiger partial charge is 0.459 e. The zero-order chi connectivity index (χ0) is 17.8. The van der Waals surface area contributed by atoms with Crippen LogP contribution in [0.1, 0.15) is 20.2 Å². The van der Waals surface area contributed by atoms with Crippen LogP contribution in [-0.2, 0) is 9.53 Å². The molecule has 2 aromatic heterocycles. The van der Waals surface area contributed by atoms with Crippen molar-refractivity contribution in [3.05, 3.63) is 59.1 Å². The summed E-state index contributed by atoms with van der Waals surface area (Å²) in [7, 11) is 0. The van der Waals surface area contributed by atoms with Gasteiger partial charge in [-0.2, -0.15) is 0 Å². The second-order valence-electron chi connectivity index (χ2n) is 4.82. The van der Waals surface area contributed by atoms with Crippen molar-refractivity contribution in [1.82, 2.24) is 10.9 Å². The van der Waals surface area contributed by atoms with Gasteiger partial charge in [-0.25, -0.2) is 9.18 Å². The summed E-state index contributed by atoms with van der Waals surface area (Å²) in [4.78, 5) is 35.2. The Morgan fingerprint density at radius 2 is 2.00 bits per heavy atom. The number of carbonyl (C=O) groups excluding carboxylic acids is 3. The molecule has 2 N–H and O–H groups in total. The Morgan fingerprint density at radius 1 is 1.16 bits per heavy atom. The van der Waals surface area contributed by atoms with Crippen molar-refractivity contribution >= 4 is 39.2 Å². The molecule has 0 spiro atoms. The van der Waals surface area contributed by atoms with Crippen LogP contribution in [-0.4, -0.2) is 24.4 Å². The number of rotatable bonds is 4. The predicted molar refractivity (Wildman–Crippen MR) is 86.4 cm³/mol. The molecule has 0 fully saturated rings. The van der Waals surface area contributed by atoms with E-state index in [-0.39, 0.29) is 10.6 Å². The normalized spacial score (nSPS) is 10.4. The maximum Gasteiger partial charge on any atom is 0.348 e. The van der Waals surface area contributed by atoms with Gasteiger partial charge in [-0.1, -0.05) is 6.07 Å². The predicted octanol–water partition coefficient (Wildman–Crippen LogP) is 2.25. The number of hydrogen-bond acceptors (Lipinski definition) is 6. The van der Waals surface area contributed by atoms with E-state index in [1.165, 1.54) is 30.5 Å². The van der Waals surface area contributed by atoms with Gasteiger partial charge in [0.15, 0.2) is 12.4 Å². The van der Waals surface area contributed by atoms with Gasteiger partial charge < -0.3 is 9.15 Å². The molecule has 3 rings (SSSR count). The lowest BCUT2D eigenvalue weighted by Crippen LogP contribution is -2.43. The molecule has 2 amide bonds. The first-order valence-electron chi connectivity index (χ1n) is 7.02. The van der Waals surface area contributed by atoms with E-state index in [1.54, 1.807) is 12.1 Å². The molecule has 1 aromatic carbocycles. The summed E-state index contributed by atoms with van der Waals surface area (Å²) in [5.74, 6) is -2.56. The molecule has 0 bridgehead atoms. The number of esters is 1. The average molecular weight is 362 g/mol. The number of ether oxygens (including phenoxy) is 1. The van der Waals surface area contributed by atoms with Crippen LogP contribution in [0.2, 0.25) is 0 Å². The van der Waals surface area contributed by atoms with Gasteiger partial charge in [-0.3, -0.25) is 20.4 Å². The minimum Gasteiger partial charge on any atom is -0.459 e. The average Bonchev–Trinajstić information content (AvgIpc) is 3.27. The second kappa shape index (κ2) is 7.14. The zero-order valence-electron chi connectivity index (χ0n) is 12.6. The summed E-state index contributed by atoms with van der Waals surface area (Å²) in [5, 5.41) is 0.314. The number of nitrogens with one attached hydrogen (secondary N) is 2. The summed E-state index contributed by atoms with van der Waals surface area (Å²) in [6.07, 6.45) is 1.31. The Hall–Kier alpha value is -3.20. The maximum absolute atomic E-state index is 13.6. The standard InChI is InChI=1S/C16H11FN2O5S/c17-10-3-1-5-12-9(10)7-13(25-12)16(22)24-8-14(20)18-19-15(21)11-4-2-6-23-11/h1-7H,8H2,(H,18,20)(H,19,21). The molecule has 0 atom stereocenters. The van der Waals surface area contributed by atoms with Crippen LogP contribution in [0.3, 0.4) is 0 Å². The van der Waals surface area contributed by atoms with Gasteiger partial charge in [-0.15, -0.1) is 11.3 Å². The lowest BCUT2D eigenvalue weighted by molar-refractivity contribution is -0.125. The van der Waals surface area contributed by atoms with Crippen LogP contribution in [0.15, 0.2) is 47.1 Å². The lowest BCUT2D eigenvalue weighted by atomic mass is 10.2. The molecule has 2 heterocycles. The van der Waals surface area contributed by atoms with Crippen LogP contribution in [0.5, 0.6) is 0 Å². The van der Waals surface area contributed by atoms with E-state index >= 15 is 0 Å². The van der Waals surface area contributed by atoms with Gasteiger partial charge in [0, 0.05) is 10.1 Å². The number of carbonyl (C=O) groups is 3. The molecule has 3 aromatic rings. The van der Waals surface area contributed by atoms with E-state index in [1.807, 2.05) is 0 Å². The van der Waals surface area contributed by atoms with Crippen LogP contribution in [0, 0.1) is 5.82 Å². The van der Waals surface area contributed by atoms with Crippen molar-refractivity contribution in [1.29, 1.82) is 0 Å². The fourth-order valence-corrected chi connectivity index (χ4v) is 2.93. The lowest BCUT2D eigenvalue weighted by Gasteiger charge is -2.06. The number of hydrogen-bond donors (Lipinski definition) is 2. The fourth-order valence-electron chi connectivity index (χ4n) is 1.96. The highest BCUT2D eigenvalue weighted by atomic mass is 32.1. The molecule has 7 nitrogen and oxygen atoms in total. The maximum atomic E-state index is 13.6. The Bertz CT molecular complexity index is 935. The Morgan fingerprint density at radius 3 is 2.72 bits per heavy atom. The monoisotopic (exact) mass is 362 g/mol. The van der Waals surface area contributed by atoms with Crippen molar-refractivity contribution < 1.29 is 27.9 Å².